The Morgan fingerprint density at radius 1 is 1.14 bits per heavy atom. The first kappa shape index (κ1) is 20.5. The number of anilines is 1. The number of ether oxygens (including phenoxy) is 1. The molecule has 3 rings (SSSR count). The Hall–Kier alpha value is -2.28. The van der Waals surface area contributed by atoms with Crippen LogP contribution in [0.3, 0.4) is 0 Å². The van der Waals surface area contributed by atoms with Gasteiger partial charge in [0.25, 0.3) is 0 Å². The van der Waals surface area contributed by atoms with Crippen LogP contribution in [0.5, 0.6) is 5.75 Å². The number of hydrogen-bond donors (Lipinski definition) is 2. The van der Waals surface area contributed by atoms with Crippen molar-refractivity contribution >= 4 is 35.0 Å². The first-order valence-corrected chi connectivity index (χ1v) is 10.1. The van der Waals surface area contributed by atoms with Crippen LogP contribution < -0.4 is 20.3 Å². The van der Waals surface area contributed by atoms with E-state index in [2.05, 4.69) is 10.6 Å². The Morgan fingerprint density at radius 2 is 1.79 bits per heavy atom. The maximum absolute atomic E-state index is 12.4. The van der Waals surface area contributed by atoms with Gasteiger partial charge in [-0.2, -0.15) is 0 Å². The van der Waals surface area contributed by atoms with Gasteiger partial charge >= 0.3 is 0 Å². The minimum absolute atomic E-state index is 0.0713. The zero-order valence-corrected chi connectivity index (χ0v) is 16.8. The monoisotopic (exact) mass is 407 g/mol. The predicted octanol–water partition coefficient (Wildman–Crippen LogP) is 2.12. The van der Waals surface area contributed by atoms with Crippen molar-refractivity contribution in [3.8, 4) is 5.75 Å². The van der Waals surface area contributed by atoms with E-state index in [0.717, 1.165) is 25.7 Å². The van der Waals surface area contributed by atoms with Gasteiger partial charge in [-0.3, -0.25) is 14.4 Å². The van der Waals surface area contributed by atoms with Crippen LogP contribution in [0.1, 0.15) is 32.1 Å². The van der Waals surface area contributed by atoms with Crippen molar-refractivity contribution in [1.29, 1.82) is 0 Å². The summed E-state index contributed by atoms with van der Waals surface area (Å²) in [7, 11) is 1.53. The zero-order valence-electron chi connectivity index (χ0n) is 16.0. The molecule has 1 saturated carbocycles. The minimum atomic E-state index is -0.443. The second-order valence-electron chi connectivity index (χ2n) is 7.28. The van der Waals surface area contributed by atoms with Crippen molar-refractivity contribution in [1.82, 2.24) is 10.6 Å². The van der Waals surface area contributed by atoms with E-state index in [1.807, 2.05) is 0 Å². The number of nitrogens with one attached hydrogen (secondary N) is 2. The highest BCUT2D eigenvalue weighted by Gasteiger charge is 2.36. The third-order valence-electron chi connectivity index (χ3n) is 5.38. The highest BCUT2D eigenvalue weighted by atomic mass is 35.5. The molecule has 1 aromatic rings. The van der Waals surface area contributed by atoms with Crippen LogP contribution in [0.4, 0.5) is 5.69 Å². The number of halogens is 1. The zero-order chi connectivity index (χ0) is 20.1. The largest absolute Gasteiger partial charge is 0.495 e. The van der Waals surface area contributed by atoms with E-state index < -0.39 is 5.92 Å². The van der Waals surface area contributed by atoms with E-state index >= 15 is 0 Å². The Balaban J connectivity index is 1.48. The van der Waals surface area contributed by atoms with Crippen molar-refractivity contribution in [3.63, 3.8) is 0 Å². The van der Waals surface area contributed by atoms with E-state index in [0.29, 0.717) is 29.5 Å². The molecule has 1 unspecified atom stereocenters. The number of carbonyl (C=O) groups excluding carboxylic acids is 3. The molecule has 1 aliphatic heterocycles. The fourth-order valence-electron chi connectivity index (χ4n) is 3.84. The molecular weight excluding hydrogens is 382 g/mol. The van der Waals surface area contributed by atoms with E-state index in [1.165, 1.54) is 12.0 Å². The average molecular weight is 408 g/mol. The van der Waals surface area contributed by atoms with Gasteiger partial charge in [-0.15, -0.1) is 0 Å². The van der Waals surface area contributed by atoms with Crippen molar-refractivity contribution in [2.75, 3.05) is 31.6 Å². The van der Waals surface area contributed by atoms with Gasteiger partial charge in [-0.05, 0) is 31.0 Å². The standard InChI is InChI=1S/C20H26ClN3O4/c1-28-17-7-6-15(21)11-16(17)24-12-14(10-18(24)25)20(27)23-9-8-22-19(26)13-4-2-3-5-13/h6-7,11,13-14H,2-5,8-10,12H2,1H3,(H,22,26)(H,23,27). The molecular formula is C20H26ClN3O4. The lowest BCUT2D eigenvalue weighted by atomic mass is 10.1. The number of hydrogen-bond acceptors (Lipinski definition) is 4. The lowest BCUT2D eigenvalue weighted by Crippen LogP contribution is -2.39. The highest BCUT2D eigenvalue weighted by Crippen LogP contribution is 2.35. The second-order valence-corrected chi connectivity index (χ2v) is 7.72. The lowest BCUT2D eigenvalue weighted by Gasteiger charge is -2.20. The molecule has 1 saturated heterocycles. The van der Waals surface area contributed by atoms with Crippen LogP contribution in [0, 0.1) is 11.8 Å². The molecule has 8 heteroatoms. The Kier molecular flexibility index (Phi) is 6.78. The molecule has 2 aliphatic rings. The first-order valence-electron chi connectivity index (χ1n) is 9.69. The Labute approximate surface area is 169 Å². The minimum Gasteiger partial charge on any atom is -0.495 e. The van der Waals surface area contributed by atoms with Crippen LogP contribution >= 0.6 is 11.6 Å². The maximum atomic E-state index is 12.4. The fourth-order valence-corrected chi connectivity index (χ4v) is 4.00. The molecule has 0 spiro atoms. The van der Waals surface area contributed by atoms with Crippen molar-refractivity contribution in [2.45, 2.75) is 32.1 Å². The maximum Gasteiger partial charge on any atom is 0.227 e. The number of carbonyl (C=O) groups is 3. The number of rotatable bonds is 7. The third kappa shape index (κ3) is 4.76. The number of nitrogens with zero attached hydrogens (tertiary/aromatic N) is 1. The summed E-state index contributed by atoms with van der Waals surface area (Å²) in [5.74, 6) is -0.0521. The molecule has 1 aromatic carbocycles. The molecule has 1 aliphatic carbocycles. The van der Waals surface area contributed by atoms with Crippen LogP contribution in [0.15, 0.2) is 18.2 Å². The summed E-state index contributed by atoms with van der Waals surface area (Å²) in [6.45, 7) is 1.02. The summed E-state index contributed by atoms with van der Waals surface area (Å²) < 4.78 is 5.31. The predicted molar refractivity (Wildman–Crippen MR) is 106 cm³/mol. The van der Waals surface area contributed by atoms with Crippen LogP contribution in [0.2, 0.25) is 5.02 Å². The van der Waals surface area contributed by atoms with Gasteiger partial charge in [-0.25, -0.2) is 0 Å². The lowest BCUT2D eigenvalue weighted by molar-refractivity contribution is -0.127. The van der Waals surface area contributed by atoms with E-state index in [1.54, 1.807) is 18.2 Å². The van der Waals surface area contributed by atoms with Crippen molar-refractivity contribution in [3.05, 3.63) is 23.2 Å². The van der Waals surface area contributed by atoms with Crippen LogP contribution in [-0.4, -0.2) is 44.5 Å². The molecule has 3 amide bonds. The Bertz CT molecular complexity index is 749. The smallest absolute Gasteiger partial charge is 0.227 e. The number of benzene rings is 1. The summed E-state index contributed by atoms with van der Waals surface area (Å²) in [6, 6.07) is 5.05. The van der Waals surface area contributed by atoms with E-state index in [9.17, 15) is 14.4 Å². The SMILES string of the molecule is COc1ccc(Cl)cc1N1CC(C(=O)NCCNC(=O)C2CCCC2)CC1=O. The van der Waals surface area contributed by atoms with Gasteiger partial charge in [0, 0.05) is 37.0 Å². The molecule has 2 N–H and O–H groups in total. The quantitative estimate of drug-likeness (QED) is 0.678. The number of methoxy groups -OCH3 is 1. The molecule has 152 valence electrons. The van der Waals surface area contributed by atoms with Gasteiger partial charge in [-0.1, -0.05) is 24.4 Å². The van der Waals surface area contributed by atoms with Gasteiger partial charge in [0.1, 0.15) is 5.75 Å². The van der Waals surface area contributed by atoms with E-state index in [4.69, 9.17) is 16.3 Å². The fraction of sp³-hybridized carbons (Fsp3) is 0.550. The summed E-state index contributed by atoms with van der Waals surface area (Å²) in [5.41, 5.74) is 0.569. The summed E-state index contributed by atoms with van der Waals surface area (Å²) >= 11 is 6.05. The summed E-state index contributed by atoms with van der Waals surface area (Å²) in [5, 5.41) is 6.18. The molecule has 0 bridgehead atoms. The molecule has 7 nitrogen and oxygen atoms in total. The van der Waals surface area contributed by atoms with E-state index in [-0.39, 0.29) is 36.6 Å². The molecule has 28 heavy (non-hydrogen) atoms. The number of amides is 3. The summed E-state index contributed by atoms with van der Waals surface area (Å²) in [6.07, 6.45) is 4.25. The average Bonchev–Trinajstić information content (AvgIpc) is 3.35. The van der Waals surface area contributed by atoms with Crippen molar-refractivity contribution < 1.29 is 19.1 Å². The second kappa shape index (κ2) is 9.28. The molecule has 1 heterocycles. The molecule has 0 radical (unpaired) electrons. The van der Waals surface area contributed by atoms with Gasteiger partial charge < -0.3 is 20.3 Å². The highest BCUT2D eigenvalue weighted by molar-refractivity contribution is 6.31. The first-order chi connectivity index (χ1) is 13.5. The molecule has 0 aromatic heterocycles. The van der Waals surface area contributed by atoms with Crippen LogP contribution in [0.25, 0.3) is 0 Å². The van der Waals surface area contributed by atoms with Crippen LogP contribution in [-0.2, 0) is 14.4 Å². The van der Waals surface area contributed by atoms with Gasteiger partial charge in [0.2, 0.25) is 17.7 Å². The molecule has 2 fully saturated rings. The summed E-state index contributed by atoms with van der Waals surface area (Å²) in [4.78, 5) is 38.4. The third-order valence-corrected chi connectivity index (χ3v) is 5.61. The Morgan fingerprint density at radius 3 is 2.43 bits per heavy atom. The normalized spacial score (nSPS) is 19.7. The van der Waals surface area contributed by atoms with Crippen molar-refractivity contribution in [2.24, 2.45) is 11.8 Å². The molecule has 1 atom stereocenters. The topological polar surface area (TPSA) is 87.7 Å². The van der Waals surface area contributed by atoms with Gasteiger partial charge in [0.15, 0.2) is 0 Å². The van der Waals surface area contributed by atoms with Gasteiger partial charge in [0.05, 0.1) is 18.7 Å².